The summed E-state index contributed by atoms with van der Waals surface area (Å²) in [5.74, 6) is 0. The van der Waals surface area contributed by atoms with Crippen molar-refractivity contribution in [1.82, 2.24) is 4.57 Å². The highest BCUT2D eigenvalue weighted by Gasteiger charge is 2.09. The van der Waals surface area contributed by atoms with Crippen LogP contribution in [0.1, 0.15) is 17.2 Å². The summed E-state index contributed by atoms with van der Waals surface area (Å²) in [5, 5.41) is 0. The Hall–Kier alpha value is -1.54. The summed E-state index contributed by atoms with van der Waals surface area (Å²) in [6.45, 7) is 2.73. The predicted molar refractivity (Wildman–Crippen MR) is 62.8 cm³/mol. The Morgan fingerprint density at radius 1 is 1.20 bits per heavy atom. The first-order chi connectivity index (χ1) is 7.31. The maximum Gasteiger partial charge on any atom is 0.0702 e. The van der Waals surface area contributed by atoms with Crippen LogP contribution in [0.25, 0.3) is 0 Å². The number of rotatable bonds is 3. The average Bonchev–Trinajstić information content (AvgIpc) is 2.72. The minimum atomic E-state index is 0.250. The van der Waals surface area contributed by atoms with Crippen LogP contribution in [-0.2, 0) is 0 Å². The molecule has 0 radical (unpaired) electrons. The van der Waals surface area contributed by atoms with Gasteiger partial charge < -0.3 is 10.3 Å². The van der Waals surface area contributed by atoms with E-state index in [0.29, 0.717) is 6.54 Å². The predicted octanol–water partition coefficient (Wildman–Crippen LogP) is 2.34. The van der Waals surface area contributed by atoms with Crippen LogP contribution >= 0.6 is 0 Å². The largest absolute Gasteiger partial charge is 0.346 e. The molecule has 2 N–H and O–H groups in total. The SMILES string of the molecule is Cc1cccc(C(CN)n2cccc2)c1. The van der Waals surface area contributed by atoms with E-state index in [2.05, 4.69) is 48.1 Å². The zero-order chi connectivity index (χ0) is 10.7. The molecule has 1 aromatic carbocycles. The summed E-state index contributed by atoms with van der Waals surface area (Å²) >= 11 is 0. The van der Waals surface area contributed by atoms with Gasteiger partial charge in [-0.05, 0) is 24.6 Å². The summed E-state index contributed by atoms with van der Waals surface area (Å²) < 4.78 is 2.15. The fraction of sp³-hybridized carbons (Fsp3) is 0.231. The van der Waals surface area contributed by atoms with Gasteiger partial charge in [-0.2, -0.15) is 0 Å². The van der Waals surface area contributed by atoms with Gasteiger partial charge in [0.05, 0.1) is 6.04 Å². The van der Waals surface area contributed by atoms with Gasteiger partial charge in [0.2, 0.25) is 0 Å². The fourth-order valence-corrected chi connectivity index (χ4v) is 1.86. The van der Waals surface area contributed by atoms with Crippen molar-refractivity contribution < 1.29 is 0 Å². The van der Waals surface area contributed by atoms with E-state index in [0.717, 1.165) is 0 Å². The van der Waals surface area contributed by atoms with Crippen molar-refractivity contribution in [3.63, 3.8) is 0 Å². The zero-order valence-corrected chi connectivity index (χ0v) is 8.93. The van der Waals surface area contributed by atoms with Crippen molar-refractivity contribution >= 4 is 0 Å². The maximum absolute atomic E-state index is 5.83. The Morgan fingerprint density at radius 3 is 2.53 bits per heavy atom. The van der Waals surface area contributed by atoms with E-state index in [4.69, 9.17) is 5.73 Å². The Bertz CT molecular complexity index is 418. The molecule has 0 spiro atoms. The Morgan fingerprint density at radius 2 is 1.93 bits per heavy atom. The lowest BCUT2D eigenvalue weighted by atomic mass is 10.0. The minimum absolute atomic E-state index is 0.250. The summed E-state index contributed by atoms with van der Waals surface area (Å²) in [4.78, 5) is 0. The minimum Gasteiger partial charge on any atom is -0.346 e. The van der Waals surface area contributed by atoms with Crippen molar-refractivity contribution in [3.8, 4) is 0 Å². The number of hydrogen-bond acceptors (Lipinski definition) is 1. The molecule has 0 aliphatic rings. The van der Waals surface area contributed by atoms with Crippen LogP contribution in [-0.4, -0.2) is 11.1 Å². The number of nitrogens with zero attached hydrogens (tertiary/aromatic N) is 1. The van der Waals surface area contributed by atoms with Crippen LogP contribution in [0.3, 0.4) is 0 Å². The van der Waals surface area contributed by atoms with Crippen molar-refractivity contribution in [2.45, 2.75) is 13.0 Å². The second kappa shape index (κ2) is 4.32. The molecule has 0 saturated carbocycles. The molecular formula is C13H16N2. The van der Waals surface area contributed by atoms with Crippen molar-refractivity contribution in [3.05, 3.63) is 59.9 Å². The molecule has 0 amide bonds. The van der Waals surface area contributed by atoms with Gasteiger partial charge in [0, 0.05) is 18.9 Å². The number of hydrogen-bond donors (Lipinski definition) is 1. The zero-order valence-electron chi connectivity index (χ0n) is 8.93. The third-order valence-electron chi connectivity index (χ3n) is 2.64. The highest BCUT2D eigenvalue weighted by molar-refractivity contribution is 5.26. The van der Waals surface area contributed by atoms with Gasteiger partial charge in [-0.25, -0.2) is 0 Å². The molecule has 2 aromatic rings. The fourth-order valence-electron chi connectivity index (χ4n) is 1.86. The number of benzene rings is 1. The average molecular weight is 200 g/mol. The maximum atomic E-state index is 5.83. The lowest BCUT2D eigenvalue weighted by Gasteiger charge is -2.17. The lowest BCUT2D eigenvalue weighted by molar-refractivity contribution is 0.597. The molecule has 0 bridgehead atoms. The van der Waals surface area contributed by atoms with Gasteiger partial charge in [-0.15, -0.1) is 0 Å². The third-order valence-corrected chi connectivity index (χ3v) is 2.64. The summed E-state index contributed by atoms with van der Waals surface area (Å²) in [6, 6.07) is 12.8. The topological polar surface area (TPSA) is 30.9 Å². The van der Waals surface area contributed by atoms with Crippen LogP contribution in [0.5, 0.6) is 0 Å². The molecule has 0 fully saturated rings. The van der Waals surface area contributed by atoms with Gasteiger partial charge in [0.1, 0.15) is 0 Å². The van der Waals surface area contributed by atoms with Crippen LogP contribution in [0.2, 0.25) is 0 Å². The molecule has 1 unspecified atom stereocenters. The summed E-state index contributed by atoms with van der Waals surface area (Å²) in [7, 11) is 0. The van der Waals surface area contributed by atoms with E-state index < -0.39 is 0 Å². The molecule has 78 valence electrons. The molecule has 1 heterocycles. The van der Waals surface area contributed by atoms with E-state index in [-0.39, 0.29) is 6.04 Å². The monoisotopic (exact) mass is 200 g/mol. The Labute approximate surface area is 90.3 Å². The van der Waals surface area contributed by atoms with Crippen molar-refractivity contribution in [1.29, 1.82) is 0 Å². The quantitative estimate of drug-likeness (QED) is 0.810. The molecule has 1 atom stereocenters. The third kappa shape index (κ3) is 2.10. The summed E-state index contributed by atoms with van der Waals surface area (Å²) in [5.41, 5.74) is 8.37. The van der Waals surface area contributed by atoms with Gasteiger partial charge in [-0.1, -0.05) is 29.8 Å². The first-order valence-corrected chi connectivity index (χ1v) is 5.20. The van der Waals surface area contributed by atoms with Gasteiger partial charge in [-0.3, -0.25) is 0 Å². The second-order valence-corrected chi connectivity index (χ2v) is 3.80. The van der Waals surface area contributed by atoms with E-state index >= 15 is 0 Å². The summed E-state index contributed by atoms with van der Waals surface area (Å²) in [6.07, 6.45) is 4.11. The van der Waals surface area contributed by atoms with Crippen LogP contribution < -0.4 is 5.73 Å². The molecule has 0 aliphatic heterocycles. The molecule has 2 rings (SSSR count). The van der Waals surface area contributed by atoms with Gasteiger partial charge >= 0.3 is 0 Å². The number of nitrogens with two attached hydrogens (primary N) is 1. The number of aryl methyl sites for hydroxylation is 1. The Balaban J connectivity index is 2.35. The number of aromatic nitrogens is 1. The van der Waals surface area contributed by atoms with E-state index in [1.165, 1.54) is 11.1 Å². The van der Waals surface area contributed by atoms with Gasteiger partial charge in [0.25, 0.3) is 0 Å². The lowest BCUT2D eigenvalue weighted by Crippen LogP contribution is -2.19. The van der Waals surface area contributed by atoms with E-state index in [9.17, 15) is 0 Å². The first kappa shape index (κ1) is 9.99. The Kier molecular flexibility index (Phi) is 2.88. The normalized spacial score (nSPS) is 12.7. The molecule has 1 aromatic heterocycles. The van der Waals surface area contributed by atoms with Crippen molar-refractivity contribution in [2.75, 3.05) is 6.54 Å². The highest BCUT2D eigenvalue weighted by Crippen LogP contribution is 2.18. The van der Waals surface area contributed by atoms with E-state index in [1.54, 1.807) is 0 Å². The second-order valence-electron chi connectivity index (χ2n) is 3.80. The molecular weight excluding hydrogens is 184 g/mol. The molecule has 0 saturated heterocycles. The van der Waals surface area contributed by atoms with Crippen LogP contribution in [0, 0.1) is 6.92 Å². The highest BCUT2D eigenvalue weighted by atomic mass is 15.0. The van der Waals surface area contributed by atoms with E-state index in [1.807, 2.05) is 12.1 Å². The van der Waals surface area contributed by atoms with Crippen LogP contribution in [0.15, 0.2) is 48.8 Å². The molecule has 0 aliphatic carbocycles. The van der Waals surface area contributed by atoms with Crippen molar-refractivity contribution in [2.24, 2.45) is 5.73 Å². The molecule has 15 heavy (non-hydrogen) atoms. The molecule has 2 heteroatoms. The molecule has 2 nitrogen and oxygen atoms in total. The van der Waals surface area contributed by atoms with Gasteiger partial charge in [0.15, 0.2) is 0 Å². The smallest absolute Gasteiger partial charge is 0.0702 e. The first-order valence-electron chi connectivity index (χ1n) is 5.20. The van der Waals surface area contributed by atoms with Crippen LogP contribution in [0.4, 0.5) is 0 Å². The standard InChI is InChI=1S/C13H16N2/c1-11-5-4-6-12(9-11)13(10-14)15-7-2-3-8-15/h2-9,13H,10,14H2,1H3.